The van der Waals surface area contributed by atoms with Crippen LogP contribution in [-0.4, -0.2) is 32.6 Å². The third kappa shape index (κ3) is 4.51. The Morgan fingerprint density at radius 3 is 2.83 bits per heavy atom. The van der Waals surface area contributed by atoms with Crippen molar-refractivity contribution in [1.82, 2.24) is 20.1 Å². The Balaban J connectivity index is 1.51. The molecule has 1 fully saturated rings. The van der Waals surface area contributed by atoms with Crippen LogP contribution in [0.4, 0.5) is 5.82 Å². The number of carbonyl (C=O) groups excluding carboxylic acids is 2. The van der Waals surface area contributed by atoms with Gasteiger partial charge >= 0.3 is 0 Å². The van der Waals surface area contributed by atoms with Crippen molar-refractivity contribution in [3.05, 3.63) is 29.2 Å². The van der Waals surface area contributed by atoms with E-state index in [1.165, 1.54) is 12.6 Å². The second-order valence-electron chi connectivity index (χ2n) is 8.63. The monoisotopic (exact) mass is 429 g/mol. The van der Waals surface area contributed by atoms with E-state index in [-0.39, 0.29) is 23.8 Å². The first-order valence-electron chi connectivity index (χ1n) is 10.7. The number of aryl methyl sites for hydroxylation is 1. The molecule has 3 atom stereocenters. The maximum Gasteiger partial charge on any atom is 0.228 e. The van der Waals surface area contributed by atoms with Gasteiger partial charge in [0.1, 0.15) is 5.82 Å². The molecule has 0 aromatic carbocycles. The molecule has 1 aliphatic carbocycles. The number of nitrogens with one attached hydrogen (secondary N) is 2. The van der Waals surface area contributed by atoms with Crippen molar-refractivity contribution in [2.45, 2.75) is 65.0 Å². The molecule has 2 aliphatic rings. The van der Waals surface area contributed by atoms with Crippen LogP contribution in [0.15, 0.2) is 18.5 Å². The van der Waals surface area contributed by atoms with Gasteiger partial charge in [-0.3, -0.25) is 14.3 Å². The van der Waals surface area contributed by atoms with E-state index in [0.717, 1.165) is 49.8 Å². The van der Waals surface area contributed by atoms with Crippen LogP contribution in [0.1, 0.15) is 51.6 Å². The third-order valence-electron chi connectivity index (χ3n) is 6.17. The minimum atomic E-state index is -0.138. The molecule has 0 spiro atoms. The lowest BCUT2D eigenvalue weighted by atomic mass is 9.85. The van der Waals surface area contributed by atoms with Gasteiger partial charge in [0, 0.05) is 48.4 Å². The lowest BCUT2D eigenvalue weighted by molar-refractivity contribution is -0.123. The van der Waals surface area contributed by atoms with E-state index in [0.29, 0.717) is 23.2 Å². The smallest absolute Gasteiger partial charge is 0.228 e. The highest BCUT2D eigenvalue weighted by Gasteiger charge is 2.28. The summed E-state index contributed by atoms with van der Waals surface area (Å²) in [5.41, 5.74) is 3.04. The fourth-order valence-electron chi connectivity index (χ4n) is 4.61. The summed E-state index contributed by atoms with van der Waals surface area (Å²) in [5.74, 6) is 0.849. The number of nitrogens with zero attached hydrogens (tertiary/aromatic N) is 3. The first-order valence-corrected chi connectivity index (χ1v) is 11.1. The molecule has 2 N–H and O–H groups in total. The summed E-state index contributed by atoms with van der Waals surface area (Å²) in [6.07, 6.45) is 8.84. The number of halogens is 1. The highest BCUT2D eigenvalue weighted by molar-refractivity contribution is 6.33. The molecule has 2 aromatic heterocycles. The minimum absolute atomic E-state index is 0.0519. The van der Waals surface area contributed by atoms with Crippen molar-refractivity contribution < 1.29 is 9.59 Å². The van der Waals surface area contributed by atoms with Crippen molar-refractivity contribution in [3.8, 4) is 11.1 Å². The highest BCUT2D eigenvalue weighted by atomic mass is 35.5. The normalized spacial score (nSPS) is 23.5. The fraction of sp³-hybridized carbons (Fsp3) is 0.545. The van der Waals surface area contributed by atoms with E-state index in [1.807, 2.05) is 12.3 Å². The van der Waals surface area contributed by atoms with Crippen LogP contribution in [0.2, 0.25) is 5.02 Å². The zero-order valence-electron chi connectivity index (χ0n) is 17.4. The maximum atomic E-state index is 12.8. The van der Waals surface area contributed by atoms with Gasteiger partial charge in [-0.1, -0.05) is 24.9 Å². The summed E-state index contributed by atoms with van der Waals surface area (Å²) in [4.78, 5) is 28.5. The summed E-state index contributed by atoms with van der Waals surface area (Å²) in [6, 6.07) is 1.90. The molecule has 160 valence electrons. The Labute approximate surface area is 181 Å². The fourth-order valence-corrected chi connectivity index (χ4v) is 4.81. The van der Waals surface area contributed by atoms with Gasteiger partial charge < -0.3 is 10.6 Å². The van der Waals surface area contributed by atoms with E-state index in [4.69, 9.17) is 11.6 Å². The maximum absolute atomic E-state index is 12.8. The Bertz CT molecular complexity index is 957. The van der Waals surface area contributed by atoms with Gasteiger partial charge in [0.2, 0.25) is 11.8 Å². The van der Waals surface area contributed by atoms with Crippen LogP contribution in [0, 0.1) is 11.8 Å². The standard InChI is InChI=1S/C22H28ClN5O2/c1-13-6-7-28-20(8-13)18(11-25-28)17-10-21(24-12-19(17)23)27-22(30)15-4-3-5-16(9-15)26-14(2)29/h10-13,15-16H,3-9H2,1-2H3,(H,26,29)(H,24,27,30). The number of rotatable bonds is 4. The summed E-state index contributed by atoms with van der Waals surface area (Å²) in [7, 11) is 0. The number of aromatic nitrogens is 3. The zero-order valence-corrected chi connectivity index (χ0v) is 18.2. The number of pyridine rings is 1. The number of carbonyl (C=O) groups is 2. The Kier molecular flexibility index (Phi) is 6.09. The molecule has 1 saturated carbocycles. The predicted molar refractivity (Wildman–Crippen MR) is 116 cm³/mol. The second kappa shape index (κ2) is 8.76. The van der Waals surface area contributed by atoms with Crippen molar-refractivity contribution in [2.24, 2.45) is 11.8 Å². The highest BCUT2D eigenvalue weighted by Crippen LogP contribution is 2.35. The molecular formula is C22H28ClN5O2. The molecule has 0 bridgehead atoms. The molecule has 7 nitrogen and oxygen atoms in total. The molecule has 3 unspecified atom stereocenters. The number of anilines is 1. The SMILES string of the molecule is CC(=O)NC1CCCC(C(=O)Nc2cc(-c3cnn4c3CC(C)CC4)c(Cl)cn2)C1. The minimum Gasteiger partial charge on any atom is -0.354 e. The molecule has 4 rings (SSSR count). The largest absolute Gasteiger partial charge is 0.354 e. The van der Waals surface area contributed by atoms with Crippen molar-refractivity contribution >= 4 is 29.2 Å². The van der Waals surface area contributed by atoms with E-state index >= 15 is 0 Å². The number of fused-ring (bicyclic) bond motifs is 1. The molecule has 1 aliphatic heterocycles. The van der Waals surface area contributed by atoms with Crippen LogP contribution < -0.4 is 10.6 Å². The number of amides is 2. The van der Waals surface area contributed by atoms with Gasteiger partial charge in [0.05, 0.1) is 11.2 Å². The molecular weight excluding hydrogens is 402 g/mol. The second-order valence-corrected chi connectivity index (χ2v) is 9.03. The summed E-state index contributed by atoms with van der Waals surface area (Å²) in [6.45, 7) is 4.68. The van der Waals surface area contributed by atoms with Crippen molar-refractivity contribution in [3.63, 3.8) is 0 Å². The van der Waals surface area contributed by atoms with Crippen molar-refractivity contribution in [1.29, 1.82) is 0 Å². The first-order chi connectivity index (χ1) is 14.4. The summed E-state index contributed by atoms with van der Waals surface area (Å²) < 4.78 is 2.05. The predicted octanol–water partition coefficient (Wildman–Crippen LogP) is 3.81. The van der Waals surface area contributed by atoms with Crippen molar-refractivity contribution in [2.75, 3.05) is 5.32 Å². The topological polar surface area (TPSA) is 88.9 Å². The number of hydrogen-bond acceptors (Lipinski definition) is 4. The van der Waals surface area contributed by atoms with Crippen LogP contribution >= 0.6 is 11.6 Å². The Morgan fingerprint density at radius 1 is 1.20 bits per heavy atom. The molecule has 2 aromatic rings. The molecule has 0 saturated heterocycles. The third-order valence-corrected chi connectivity index (χ3v) is 6.47. The van der Waals surface area contributed by atoms with Crippen LogP contribution in [-0.2, 0) is 22.6 Å². The number of hydrogen-bond donors (Lipinski definition) is 2. The first kappa shape index (κ1) is 20.8. The van der Waals surface area contributed by atoms with Gasteiger partial charge in [-0.25, -0.2) is 4.98 Å². The van der Waals surface area contributed by atoms with Gasteiger partial charge in [-0.05, 0) is 44.1 Å². The Morgan fingerprint density at radius 2 is 2.03 bits per heavy atom. The summed E-state index contributed by atoms with van der Waals surface area (Å²) >= 11 is 6.47. The summed E-state index contributed by atoms with van der Waals surface area (Å²) in [5, 5.41) is 11.0. The molecule has 8 heteroatoms. The Hall–Kier alpha value is -2.41. The van der Waals surface area contributed by atoms with E-state index in [2.05, 4.69) is 32.3 Å². The van der Waals surface area contributed by atoms with Crippen LogP contribution in [0.5, 0.6) is 0 Å². The molecule has 30 heavy (non-hydrogen) atoms. The lowest BCUT2D eigenvalue weighted by Crippen LogP contribution is -2.40. The average Bonchev–Trinajstić information content (AvgIpc) is 3.12. The lowest BCUT2D eigenvalue weighted by Gasteiger charge is -2.28. The van der Waals surface area contributed by atoms with Gasteiger partial charge in [-0.2, -0.15) is 5.10 Å². The molecule has 3 heterocycles. The molecule has 2 amide bonds. The van der Waals surface area contributed by atoms with E-state index in [9.17, 15) is 9.59 Å². The molecule has 0 radical (unpaired) electrons. The van der Waals surface area contributed by atoms with Crippen LogP contribution in [0.3, 0.4) is 0 Å². The zero-order chi connectivity index (χ0) is 21.3. The van der Waals surface area contributed by atoms with Gasteiger partial charge in [-0.15, -0.1) is 0 Å². The quantitative estimate of drug-likeness (QED) is 0.773. The van der Waals surface area contributed by atoms with E-state index in [1.54, 1.807) is 6.20 Å². The average molecular weight is 430 g/mol. The van der Waals surface area contributed by atoms with E-state index < -0.39 is 0 Å². The van der Waals surface area contributed by atoms with Crippen LogP contribution in [0.25, 0.3) is 11.1 Å². The van der Waals surface area contributed by atoms with Gasteiger partial charge in [0.15, 0.2) is 0 Å². The van der Waals surface area contributed by atoms with Gasteiger partial charge in [0.25, 0.3) is 0 Å².